The average Bonchev–Trinajstić information content (AvgIpc) is 2.81. The van der Waals surface area contributed by atoms with Crippen molar-refractivity contribution < 1.29 is 31.1 Å². The van der Waals surface area contributed by atoms with Crippen molar-refractivity contribution in [1.29, 1.82) is 0 Å². The van der Waals surface area contributed by atoms with Gasteiger partial charge < -0.3 is 10.1 Å². The highest BCUT2D eigenvalue weighted by Gasteiger charge is 2.32. The Morgan fingerprint density at radius 2 is 1.71 bits per heavy atom. The van der Waals surface area contributed by atoms with Crippen LogP contribution in [0.25, 0.3) is 0 Å². The predicted octanol–water partition coefficient (Wildman–Crippen LogP) is 5.18. The highest BCUT2D eigenvalue weighted by molar-refractivity contribution is 7.89. The molecule has 0 aliphatic heterocycles. The maximum atomic E-state index is 13.0. The van der Waals surface area contributed by atoms with Crippen LogP contribution < -0.4 is 10.1 Å². The van der Waals surface area contributed by atoms with Crippen molar-refractivity contribution in [2.45, 2.75) is 24.9 Å². The molecule has 0 aliphatic carbocycles. The zero-order chi connectivity index (χ0) is 24.9. The summed E-state index contributed by atoms with van der Waals surface area (Å²) >= 11 is 0. The molecular formula is C23H22F3N3O4S. The van der Waals surface area contributed by atoms with Gasteiger partial charge in [-0.2, -0.15) is 17.5 Å². The Kier molecular flexibility index (Phi) is 7.57. The van der Waals surface area contributed by atoms with Crippen LogP contribution in [0.15, 0.2) is 71.8 Å². The first-order valence-corrected chi connectivity index (χ1v) is 11.7. The van der Waals surface area contributed by atoms with Crippen LogP contribution in [0, 0.1) is 0 Å². The molecule has 3 aromatic rings. The number of hydrogen-bond acceptors (Lipinski definition) is 5. The van der Waals surface area contributed by atoms with Gasteiger partial charge in [0.05, 0.1) is 16.1 Å². The van der Waals surface area contributed by atoms with Crippen molar-refractivity contribution in [3.63, 3.8) is 0 Å². The van der Waals surface area contributed by atoms with Gasteiger partial charge >= 0.3 is 6.18 Å². The number of amides is 1. The maximum absolute atomic E-state index is 13.0. The Bertz CT molecular complexity index is 1240. The van der Waals surface area contributed by atoms with Gasteiger partial charge in [0.1, 0.15) is 11.4 Å². The van der Waals surface area contributed by atoms with E-state index in [-0.39, 0.29) is 35.0 Å². The van der Waals surface area contributed by atoms with Gasteiger partial charge in [0, 0.05) is 19.3 Å². The van der Waals surface area contributed by atoms with Crippen LogP contribution in [-0.2, 0) is 16.2 Å². The number of carbonyl (C=O) groups is 1. The number of rotatable bonds is 8. The summed E-state index contributed by atoms with van der Waals surface area (Å²) in [6.45, 7) is 3.91. The van der Waals surface area contributed by atoms with E-state index in [9.17, 15) is 26.4 Å². The first-order chi connectivity index (χ1) is 16.1. The topological polar surface area (TPSA) is 88.6 Å². The van der Waals surface area contributed by atoms with Gasteiger partial charge in [-0.1, -0.05) is 32.0 Å². The number of nitrogens with one attached hydrogen (secondary N) is 1. The minimum absolute atomic E-state index is 0.0296. The number of benzene rings is 2. The summed E-state index contributed by atoms with van der Waals surface area (Å²) in [5.74, 6) is -0.192. The zero-order valence-electron chi connectivity index (χ0n) is 18.3. The van der Waals surface area contributed by atoms with Gasteiger partial charge in [-0.05, 0) is 42.5 Å². The average molecular weight is 494 g/mol. The number of para-hydroxylation sites is 1. The molecule has 1 N–H and O–H groups in total. The number of carbonyl (C=O) groups excluding carboxylic acids is 1. The second-order valence-corrected chi connectivity index (χ2v) is 8.98. The number of hydrogen-bond donors (Lipinski definition) is 1. The van der Waals surface area contributed by atoms with Crippen LogP contribution in [0.2, 0.25) is 0 Å². The standard InChI is InChI=1S/C23H22F3N3O4S/c1-3-29(4-2)34(31,32)18-11-12-20(33-17-8-6-5-7-9-17)19(14-18)28-22(30)16-10-13-21(27-15-16)23(24,25)26/h5-15H,3-4H2,1-2H3,(H,28,30). The van der Waals surface area contributed by atoms with Gasteiger partial charge in [0.15, 0.2) is 5.75 Å². The fourth-order valence-electron chi connectivity index (χ4n) is 3.07. The van der Waals surface area contributed by atoms with Gasteiger partial charge in [-0.25, -0.2) is 8.42 Å². The molecule has 0 unspecified atom stereocenters. The molecule has 2 aromatic carbocycles. The van der Waals surface area contributed by atoms with Crippen LogP contribution in [0.1, 0.15) is 29.9 Å². The molecule has 1 amide bonds. The molecule has 34 heavy (non-hydrogen) atoms. The van der Waals surface area contributed by atoms with Gasteiger partial charge in [0.2, 0.25) is 10.0 Å². The third kappa shape index (κ3) is 5.72. The number of aromatic nitrogens is 1. The van der Waals surface area contributed by atoms with Gasteiger partial charge in [0.25, 0.3) is 5.91 Å². The molecule has 0 radical (unpaired) electrons. The van der Waals surface area contributed by atoms with Crippen LogP contribution in [-0.4, -0.2) is 36.7 Å². The number of anilines is 1. The molecule has 3 rings (SSSR count). The number of sulfonamides is 1. The minimum Gasteiger partial charge on any atom is -0.455 e. The van der Waals surface area contributed by atoms with E-state index < -0.39 is 27.8 Å². The zero-order valence-corrected chi connectivity index (χ0v) is 19.2. The van der Waals surface area contributed by atoms with Crippen molar-refractivity contribution >= 4 is 21.6 Å². The van der Waals surface area contributed by atoms with Crippen molar-refractivity contribution in [3.8, 4) is 11.5 Å². The molecule has 180 valence electrons. The Labute approximate surface area is 195 Å². The summed E-state index contributed by atoms with van der Waals surface area (Å²) in [4.78, 5) is 16.0. The molecule has 0 saturated carbocycles. The normalized spacial score (nSPS) is 11.9. The third-order valence-corrected chi connectivity index (χ3v) is 6.88. The second kappa shape index (κ2) is 10.2. The molecular weight excluding hydrogens is 471 g/mol. The number of halogens is 3. The molecule has 7 nitrogen and oxygen atoms in total. The molecule has 1 heterocycles. The lowest BCUT2D eigenvalue weighted by atomic mass is 10.2. The Morgan fingerprint density at radius 1 is 1.03 bits per heavy atom. The van der Waals surface area contributed by atoms with Crippen LogP contribution in [0.3, 0.4) is 0 Å². The quantitative estimate of drug-likeness (QED) is 0.467. The summed E-state index contributed by atoms with van der Waals surface area (Å²) in [6.07, 6.45) is -3.84. The Morgan fingerprint density at radius 3 is 2.26 bits per heavy atom. The van der Waals surface area contributed by atoms with E-state index in [0.29, 0.717) is 11.8 Å². The van der Waals surface area contributed by atoms with Crippen LogP contribution >= 0.6 is 0 Å². The highest BCUT2D eigenvalue weighted by Crippen LogP contribution is 2.33. The molecule has 0 spiro atoms. The molecule has 0 bridgehead atoms. The summed E-state index contributed by atoms with van der Waals surface area (Å²) in [5, 5.41) is 2.52. The van der Waals surface area contributed by atoms with E-state index in [1.165, 1.54) is 22.5 Å². The Balaban J connectivity index is 1.98. The fraction of sp³-hybridized carbons (Fsp3) is 0.217. The highest BCUT2D eigenvalue weighted by atomic mass is 32.2. The third-order valence-electron chi connectivity index (χ3n) is 4.83. The van der Waals surface area contributed by atoms with Crippen molar-refractivity contribution in [3.05, 3.63) is 78.1 Å². The van der Waals surface area contributed by atoms with Crippen LogP contribution in [0.5, 0.6) is 11.5 Å². The van der Waals surface area contributed by atoms with Crippen molar-refractivity contribution in [2.75, 3.05) is 18.4 Å². The molecule has 11 heteroatoms. The molecule has 1 aromatic heterocycles. The van der Waals surface area contributed by atoms with Crippen LogP contribution in [0.4, 0.5) is 18.9 Å². The molecule has 0 atom stereocenters. The van der Waals surface area contributed by atoms with Crippen molar-refractivity contribution in [1.82, 2.24) is 9.29 Å². The van der Waals surface area contributed by atoms with Gasteiger partial charge in [-0.15, -0.1) is 0 Å². The lowest BCUT2D eigenvalue weighted by molar-refractivity contribution is -0.141. The van der Waals surface area contributed by atoms with E-state index in [1.807, 2.05) is 0 Å². The first kappa shape index (κ1) is 25.2. The number of alkyl halides is 3. The van der Waals surface area contributed by atoms with E-state index in [2.05, 4.69) is 10.3 Å². The van der Waals surface area contributed by atoms with Crippen molar-refractivity contribution in [2.24, 2.45) is 0 Å². The fourth-order valence-corrected chi connectivity index (χ4v) is 4.56. The molecule has 0 aliphatic rings. The predicted molar refractivity (Wildman–Crippen MR) is 120 cm³/mol. The summed E-state index contributed by atoms with van der Waals surface area (Å²) in [7, 11) is -3.85. The monoisotopic (exact) mass is 493 g/mol. The lowest BCUT2D eigenvalue weighted by Crippen LogP contribution is -2.30. The summed E-state index contributed by atoms with van der Waals surface area (Å²) in [6, 6.07) is 14.3. The summed E-state index contributed by atoms with van der Waals surface area (Å²) < 4.78 is 71.3. The largest absolute Gasteiger partial charge is 0.455 e. The lowest BCUT2D eigenvalue weighted by Gasteiger charge is -2.20. The number of nitrogens with zero attached hydrogens (tertiary/aromatic N) is 2. The van der Waals surface area contributed by atoms with E-state index in [4.69, 9.17) is 4.74 Å². The SMILES string of the molecule is CCN(CC)S(=O)(=O)c1ccc(Oc2ccccc2)c(NC(=O)c2ccc(C(F)(F)F)nc2)c1. The smallest absolute Gasteiger partial charge is 0.433 e. The van der Waals surface area contributed by atoms with E-state index >= 15 is 0 Å². The molecule has 0 saturated heterocycles. The first-order valence-electron chi connectivity index (χ1n) is 10.3. The number of pyridine rings is 1. The minimum atomic E-state index is -4.64. The van der Waals surface area contributed by atoms with E-state index in [1.54, 1.807) is 44.2 Å². The van der Waals surface area contributed by atoms with E-state index in [0.717, 1.165) is 12.3 Å². The Hall–Kier alpha value is -3.44. The van der Waals surface area contributed by atoms with Gasteiger partial charge in [-0.3, -0.25) is 9.78 Å². The maximum Gasteiger partial charge on any atom is 0.433 e. The second-order valence-electron chi connectivity index (χ2n) is 7.05. The number of ether oxygens (including phenoxy) is 1. The molecule has 0 fully saturated rings. The summed E-state index contributed by atoms with van der Waals surface area (Å²) in [5.41, 5.74) is -1.25.